The van der Waals surface area contributed by atoms with Gasteiger partial charge in [0.05, 0.1) is 18.8 Å². The maximum absolute atomic E-state index is 5.83. The first-order valence-corrected chi connectivity index (χ1v) is 9.28. The van der Waals surface area contributed by atoms with Gasteiger partial charge in [0.15, 0.2) is 5.96 Å². The van der Waals surface area contributed by atoms with Crippen LogP contribution in [0.25, 0.3) is 10.8 Å². The van der Waals surface area contributed by atoms with Crippen molar-refractivity contribution < 1.29 is 4.42 Å². The second-order valence-electron chi connectivity index (χ2n) is 7.73. The maximum Gasteiger partial charge on any atom is 0.213 e. The number of aromatic nitrogens is 1. The Labute approximate surface area is 184 Å². The summed E-state index contributed by atoms with van der Waals surface area (Å²) in [5, 5.41) is 9.22. The molecule has 2 aromatic carbocycles. The highest BCUT2D eigenvalue weighted by Crippen LogP contribution is 2.24. The van der Waals surface area contributed by atoms with Gasteiger partial charge in [-0.25, -0.2) is 4.98 Å². The van der Waals surface area contributed by atoms with Crippen LogP contribution in [0, 0.1) is 0 Å². The summed E-state index contributed by atoms with van der Waals surface area (Å²) in [6.45, 7) is 8.95. The summed E-state index contributed by atoms with van der Waals surface area (Å²) < 4.78 is 5.83. The fraction of sp³-hybridized carbons (Fsp3) is 0.364. The number of halogens is 1. The number of hydrogen-bond donors (Lipinski definition) is 2. The molecule has 0 aliphatic carbocycles. The minimum Gasteiger partial charge on any atom is -0.443 e. The van der Waals surface area contributed by atoms with Gasteiger partial charge in [-0.3, -0.25) is 4.99 Å². The van der Waals surface area contributed by atoms with Gasteiger partial charge in [-0.2, -0.15) is 0 Å². The van der Waals surface area contributed by atoms with E-state index in [0.717, 1.165) is 5.76 Å². The maximum atomic E-state index is 5.83. The van der Waals surface area contributed by atoms with E-state index in [4.69, 9.17) is 4.42 Å². The molecule has 0 spiro atoms. The Morgan fingerprint density at radius 2 is 1.86 bits per heavy atom. The Morgan fingerprint density at radius 1 is 1.14 bits per heavy atom. The van der Waals surface area contributed by atoms with Gasteiger partial charge in [0.2, 0.25) is 5.89 Å². The van der Waals surface area contributed by atoms with Gasteiger partial charge >= 0.3 is 0 Å². The molecular formula is C22H29IN4O. The van der Waals surface area contributed by atoms with Gasteiger partial charge in [0, 0.05) is 12.5 Å². The van der Waals surface area contributed by atoms with Crippen molar-refractivity contribution in [2.75, 3.05) is 7.05 Å². The van der Waals surface area contributed by atoms with E-state index < -0.39 is 0 Å². The first-order valence-electron chi connectivity index (χ1n) is 9.28. The molecule has 0 saturated carbocycles. The lowest BCUT2D eigenvalue weighted by atomic mass is 9.94. The lowest BCUT2D eigenvalue weighted by Crippen LogP contribution is -2.38. The molecule has 150 valence electrons. The van der Waals surface area contributed by atoms with Gasteiger partial charge in [-0.1, -0.05) is 63.2 Å². The quantitative estimate of drug-likeness (QED) is 0.300. The third-order valence-corrected chi connectivity index (χ3v) is 4.57. The van der Waals surface area contributed by atoms with Gasteiger partial charge in [0.1, 0.15) is 5.76 Å². The lowest BCUT2D eigenvalue weighted by Gasteiger charge is -2.19. The zero-order valence-electron chi connectivity index (χ0n) is 17.1. The Hall–Kier alpha value is -2.09. The normalized spacial score (nSPS) is 13.1. The van der Waals surface area contributed by atoms with E-state index in [-0.39, 0.29) is 35.4 Å². The summed E-state index contributed by atoms with van der Waals surface area (Å²) in [4.78, 5) is 8.68. The van der Waals surface area contributed by atoms with Gasteiger partial charge in [0.25, 0.3) is 0 Å². The second kappa shape index (κ2) is 9.41. The SMILES string of the molecule is CN=C(NCc1ncc(C(C)(C)C)o1)NC(C)c1cccc2ccccc12.I. The molecule has 0 aliphatic rings. The van der Waals surface area contributed by atoms with Crippen LogP contribution in [0.4, 0.5) is 0 Å². The molecule has 0 fully saturated rings. The van der Waals surface area contributed by atoms with Crippen molar-refractivity contribution in [2.24, 2.45) is 4.99 Å². The zero-order chi connectivity index (χ0) is 19.4. The molecule has 1 atom stereocenters. The summed E-state index contributed by atoms with van der Waals surface area (Å²) in [6, 6.07) is 14.9. The van der Waals surface area contributed by atoms with Crippen molar-refractivity contribution >= 4 is 40.7 Å². The highest BCUT2D eigenvalue weighted by molar-refractivity contribution is 14.0. The topological polar surface area (TPSA) is 62.5 Å². The number of fused-ring (bicyclic) bond motifs is 1. The second-order valence-corrected chi connectivity index (χ2v) is 7.73. The Bertz CT molecular complexity index is 938. The van der Waals surface area contributed by atoms with Crippen LogP contribution >= 0.6 is 24.0 Å². The fourth-order valence-corrected chi connectivity index (χ4v) is 3.00. The molecule has 6 heteroatoms. The summed E-state index contributed by atoms with van der Waals surface area (Å²) in [5.74, 6) is 2.25. The van der Waals surface area contributed by atoms with E-state index in [1.54, 1.807) is 13.2 Å². The van der Waals surface area contributed by atoms with Crippen molar-refractivity contribution in [3.63, 3.8) is 0 Å². The molecule has 0 aliphatic heterocycles. The van der Waals surface area contributed by atoms with Crippen molar-refractivity contribution in [2.45, 2.75) is 45.7 Å². The smallest absolute Gasteiger partial charge is 0.213 e. The number of rotatable bonds is 4. The van der Waals surface area contributed by atoms with Crippen LogP contribution in [0.2, 0.25) is 0 Å². The van der Waals surface area contributed by atoms with Crippen LogP contribution in [0.3, 0.4) is 0 Å². The molecule has 1 unspecified atom stereocenters. The third-order valence-electron chi connectivity index (χ3n) is 4.57. The van der Waals surface area contributed by atoms with Crippen molar-refractivity contribution in [3.05, 3.63) is 65.9 Å². The fourth-order valence-electron chi connectivity index (χ4n) is 3.00. The van der Waals surface area contributed by atoms with E-state index in [1.165, 1.54) is 16.3 Å². The average molecular weight is 492 g/mol. The van der Waals surface area contributed by atoms with E-state index >= 15 is 0 Å². The molecule has 0 saturated heterocycles. The van der Waals surface area contributed by atoms with E-state index in [1.807, 2.05) is 0 Å². The first kappa shape index (κ1) is 22.2. The largest absolute Gasteiger partial charge is 0.443 e. The van der Waals surface area contributed by atoms with Crippen LogP contribution < -0.4 is 10.6 Å². The Morgan fingerprint density at radius 3 is 2.54 bits per heavy atom. The number of guanidine groups is 1. The van der Waals surface area contributed by atoms with Gasteiger partial charge < -0.3 is 15.1 Å². The zero-order valence-corrected chi connectivity index (χ0v) is 19.4. The highest BCUT2D eigenvalue weighted by atomic mass is 127. The van der Waals surface area contributed by atoms with Crippen LogP contribution in [0.15, 0.2) is 58.1 Å². The summed E-state index contributed by atoms with van der Waals surface area (Å²) >= 11 is 0. The van der Waals surface area contributed by atoms with Crippen molar-refractivity contribution in [1.82, 2.24) is 15.6 Å². The van der Waals surface area contributed by atoms with Crippen LogP contribution in [0.5, 0.6) is 0 Å². The number of oxazole rings is 1. The molecule has 0 radical (unpaired) electrons. The molecule has 28 heavy (non-hydrogen) atoms. The highest BCUT2D eigenvalue weighted by Gasteiger charge is 2.19. The molecule has 2 N–H and O–H groups in total. The summed E-state index contributed by atoms with van der Waals surface area (Å²) in [7, 11) is 1.77. The van der Waals surface area contributed by atoms with Crippen LogP contribution in [-0.2, 0) is 12.0 Å². The van der Waals surface area contributed by atoms with Crippen LogP contribution in [-0.4, -0.2) is 18.0 Å². The van der Waals surface area contributed by atoms with Gasteiger partial charge in [-0.15, -0.1) is 24.0 Å². The van der Waals surface area contributed by atoms with E-state index in [2.05, 4.69) is 90.8 Å². The molecule has 1 heterocycles. The number of aliphatic imine (C=N–C) groups is 1. The minimum atomic E-state index is -0.0476. The number of nitrogens with zero attached hydrogens (tertiary/aromatic N) is 2. The van der Waals surface area contributed by atoms with Crippen LogP contribution in [0.1, 0.15) is 51.0 Å². The monoisotopic (exact) mass is 492 g/mol. The Balaban J connectivity index is 0.00000280. The van der Waals surface area contributed by atoms with E-state index in [9.17, 15) is 0 Å². The molecule has 5 nitrogen and oxygen atoms in total. The van der Waals surface area contributed by atoms with Crippen molar-refractivity contribution in [1.29, 1.82) is 0 Å². The molecule has 1 aromatic heterocycles. The lowest BCUT2D eigenvalue weighted by molar-refractivity contribution is 0.379. The third kappa shape index (κ3) is 5.25. The summed E-state index contributed by atoms with van der Waals surface area (Å²) in [6.07, 6.45) is 1.80. The van der Waals surface area contributed by atoms with Gasteiger partial charge in [-0.05, 0) is 23.3 Å². The molecule has 0 bridgehead atoms. The first-order chi connectivity index (χ1) is 12.9. The summed E-state index contributed by atoms with van der Waals surface area (Å²) in [5.41, 5.74) is 1.19. The van der Waals surface area contributed by atoms with Crippen molar-refractivity contribution in [3.8, 4) is 0 Å². The predicted molar refractivity (Wildman–Crippen MR) is 126 cm³/mol. The van der Waals surface area contributed by atoms with E-state index in [0.29, 0.717) is 18.4 Å². The molecule has 0 amide bonds. The number of hydrogen-bond acceptors (Lipinski definition) is 3. The standard InChI is InChI=1S/C22H28N4O.HI/c1-15(17-12-8-10-16-9-6-7-11-18(16)17)26-21(23-5)25-14-20-24-13-19(27-20)22(2,3)4;/h6-13,15H,14H2,1-5H3,(H2,23,25,26);1H. The Kier molecular flexibility index (Phi) is 7.46. The number of nitrogens with one attached hydrogen (secondary N) is 2. The molecular weight excluding hydrogens is 463 g/mol. The molecule has 3 rings (SSSR count). The molecule has 3 aromatic rings. The number of benzene rings is 2. The predicted octanol–water partition coefficient (Wildman–Crippen LogP) is 5.17. The average Bonchev–Trinajstić information content (AvgIpc) is 3.14. The minimum absolute atomic E-state index is 0.